The minimum absolute atomic E-state index is 0.336. The highest BCUT2D eigenvalue weighted by Gasteiger charge is 2.34. The van der Waals surface area contributed by atoms with E-state index >= 15 is 0 Å². The van der Waals surface area contributed by atoms with E-state index in [1.165, 1.54) is 0 Å². The van der Waals surface area contributed by atoms with Gasteiger partial charge in [-0.25, -0.2) is 9.59 Å². The van der Waals surface area contributed by atoms with Crippen molar-refractivity contribution >= 4 is 12.0 Å². The van der Waals surface area contributed by atoms with E-state index in [1.54, 1.807) is 32.0 Å². The average Bonchev–Trinajstić information content (AvgIpc) is 2.80. The number of carboxylic acids is 1. The topological polar surface area (TPSA) is 100 Å². The summed E-state index contributed by atoms with van der Waals surface area (Å²) >= 11 is 0. The molecule has 8 nitrogen and oxygen atoms in total. The lowest BCUT2D eigenvalue weighted by molar-refractivity contribution is -0.142. The van der Waals surface area contributed by atoms with Gasteiger partial charge in [0.1, 0.15) is 12.4 Å². The van der Waals surface area contributed by atoms with Crippen molar-refractivity contribution in [3.8, 4) is 0 Å². The lowest BCUT2D eigenvalue weighted by atomic mass is 9.87. The Morgan fingerprint density at radius 3 is 2.70 bits per heavy atom. The Bertz CT molecular complexity index is 519. The molecule has 0 aromatic carbocycles. The molecule has 20 heavy (non-hydrogen) atoms. The normalized spacial score (nSPS) is 16.4. The number of amides is 2. The molecule has 1 aliphatic rings. The van der Waals surface area contributed by atoms with Gasteiger partial charge in [0.15, 0.2) is 5.82 Å². The highest BCUT2D eigenvalue weighted by molar-refractivity contribution is 5.83. The van der Waals surface area contributed by atoms with E-state index in [9.17, 15) is 14.7 Å². The van der Waals surface area contributed by atoms with Gasteiger partial charge in [-0.05, 0) is 5.41 Å². The van der Waals surface area contributed by atoms with Crippen LogP contribution in [0.3, 0.4) is 0 Å². The fourth-order valence-electron chi connectivity index (χ4n) is 2.10. The SMILES string of the molecule is CC(C)(C)[C@H](NC(=O)N1CCn2cnnc2C1)C(=O)O. The summed E-state index contributed by atoms with van der Waals surface area (Å²) in [6.45, 7) is 6.79. The molecule has 2 rings (SSSR count). The fourth-order valence-corrected chi connectivity index (χ4v) is 2.10. The third kappa shape index (κ3) is 2.89. The summed E-state index contributed by atoms with van der Waals surface area (Å²) in [5, 5.41) is 19.5. The van der Waals surface area contributed by atoms with Crippen LogP contribution >= 0.6 is 0 Å². The predicted molar refractivity (Wildman–Crippen MR) is 69.8 cm³/mol. The molecule has 0 saturated carbocycles. The third-order valence-corrected chi connectivity index (χ3v) is 3.31. The number of carboxylic acid groups (broad SMARTS) is 1. The summed E-state index contributed by atoms with van der Waals surface area (Å²) < 4.78 is 1.88. The number of fused-ring (bicyclic) bond motifs is 1. The Morgan fingerprint density at radius 1 is 1.40 bits per heavy atom. The number of nitrogens with zero attached hydrogens (tertiary/aromatic N) is 4. The molecular weight excluding hydrogens is 262 g/mol. The van der Waals surface area contributed by atoms with Crippen LogP contribution in [0.4, 0.5) is 4.79 Å². The second kappa shape index (κ2) is 5.10. The Hall–Kier alpha value is -2.12. The number of carbonyl (C=O) groups is 2. The number of aromatic nitrogens is 3. The lowest BCUT2D eigenvalue weighted by Gasteiger charge is -2.32. The van der Waals surface area contributed by atoms with Gasteiger partial charge in [-0.2, -0.15) is 0 Å². The van der Waals surface area contributed by atoms with Gasteiger partial charge >= 0.3 is 12.0 Å². The zero-order valence-corrected chi connectivity index (χ0v) is 11.8. The van der Waals surface area contributed by atoms with Crippen molar-refractivity contribution in [3.05, 3.63) is 12.2 Å². The monoisotopic (exact) mass is 281 g/mol. The van der Waals surface area contributed by atoms with E-state index in [2.05, 4.69) is 15.5 Å². The van der Waals surface area contributed by atoms with E-state index in [0.717, 1.165) is 0 Å². The van der Waals surface area contributed by atoms with Crippen LogP contribution in [-0.4, -0.2) is 49.4 Å². The first kappa shape index (κ1) is 14.3. The lowest BCUT2D eigenvalue weighted by Crippen LogP contribution is -2.54. The summed E-state index contributed by atoms with van der Waals surface area (Å²) in [6.07, 6.45) is 1.62. The van der Waals surface area contributed by atoms with Crippen LogP contribution in [0.25, 0.3) is 0 Å². The first-order valence-corrected chi connectivity index (χ1v) is 6.44. The molecular formula is C12H19N5O3. The molecule has 2 N–H and O–H groups in total. The minimum Gasteiger partial charge on any atom is -0.480 e. The number of hydrogen-bond acceptors (Lipinski definition) is 4. The molecule has 1 atom stereocenters. The molecule has 8 heteroatoms. The molecule has 1 aromatic heterocycles. The Labute approximate surface area is 116 Å². The smallest absolute Gasteiger partial charge is 0.326 e. The zero-order chi connectivity index (χ0) is 14.9. The maximum absolute atomic E-state index is 12.2. The van der Waals surface area contributed by atoms with Crippen LogP contribution in [0.2, 0.25) is 0 Å². The summed E-state index contributed by atoms with van der Waals surface area (Å²) in [5.74, 6) is -0.333. The van der Waals surface area contributed by atoms with E-state index in [1.807, 2.05) is 4.57 Å². The number of nitrogens with one attached hydrogen (secondary N) is 1. The van der Waals surface area contributed by atoms with Crippen molar-refractivity contribution in [2.24, 2.45) is 5.41 Å². The summed E-state index contributed by atoms with van der Waals surface area (Å²) in [6, 6.07) is -1.32. The largest absolute Gasteiger partial charge is 0.480 e. The van der Waals surface area contributed by atoms with Gasteiger partial charge in [-0.1, -0.05) is 20.8 Å². The molecule has 2 heterocycles. The average molecular weight is 281 g/mol. The number of urea groups is 1. The molecule has 0 spiro atoms. The van der Waals surface area contributed by atoms with Crippen molar-refractivity contribution in [3.63, 3.8) is 0 Å². The van der Waals surface area contributed by atoms with Crippen molar-refractivity contribution < 1.29 is 14.7 Å². The molecule has 1 aliphatic heterocycles. The van der Waals surface area contributed by atoms with Crippen molar-refractivity contribution in [2.45, 2.75) is 39.9 Å². The molecule has 0 aliphatic carbocycles. The molecule has 0 bridgehead atoms. The summed E-state index contributed by atoms with van der Waals surface area (Å²) in [7, 11) is 0. The van der Waals surface area contributed by atoms with Crippen LogP contribution in [0.1, 0.15) is 26.6 Å². The van der Waals surface area contributed by atoms with E-state index in [0.29, 0.717) is 25.5 Å². The van der Waals surface area contributed by atoms with E-state index < -0.39 is 17.4 Å². The molecule has 0 radical (unpaired) electrons. The molecule has 0 fully saturated rings. The van der Waals surface area contributed by atoms with Gasteiger partial charge in [0.2, 0.25) is 0 Å². The number of rotatable bonds is 2. The predicted octanol–water partition coefficient (Wildman–Crippen LogP) is 0.303. The molecule has 2 amide bonds. The Morgan fingerprint density at radius 2 is 2.10 bits per heavy atom. The highest BCUT2D eigenvalue weighted by Crippen LogP contribution is 2.20. The van der Waals surface area contributed by atoms with Gasteiger partial charge in [-0.3, -0.25) is 0 Å². The van der Waals surface area contributed by atoms with Crippen LogP contribution < -0.4 is 5.32 Å². The molecule has 110 valence electrons. The third-order valence-electron chi connectivity index (χ3n) is 3.31. The quantitative estimate of drug-likeness (QED) is 0.812. The minimum atomic E-state index is -1.04. The van der Waals surface area contributed by atoms with Crippen molar-refractivity contribution in [2.75, 3.05) is 6.54 Å². The van der Waals surface area contributed by atoms with Crippen LogP contribution in [0.15, 0.2) is 6.33 Å². The van der Waals surface area contributed by atoms with Gasteiger partial charge in [0.25, 0.3) is 0 Å². The highest BCUT2D eigenvalue weighted by atomic mass is 16.4. The number of aliphatic carboxylic acids is 1. The van der Waals surface area contributed by atoms with E-state index in [-0.39, 0.29) is 6.03 Å². The van der Waals surface area contributed by atoms with Gasteiger partial charge in [-0.15, -0.1) is 10.2 Å². The summed E-state index contributed by atoms with van der Waals surface area (Å²) in [5.41, 5.74) is -0.558. The fraction of sp³-hybridized carbons (Fsp3) is 0.667. The van der Waals surface area contributed by atoms with Crippen molar-refractivity contribution in [1.82, 2.24) is 25.0 Å². The summed E-state index contributed by atoms with van der Waals surface area (Å²) in [4.78, 5) is 25.0. The van der Waals surface area contributed by atoms with Gasteiger partial charge in [0.05, 0.1) is 6.54 Å². The maximum atomic E-state index is 12.2. The first-order chi connectivity index (χ1) is 9.29. The molecule has 1 aromatic rings. The molecule has 0 saturated heterocycles. The van der Waals surface area contributed by atoms with Crippen LogP contribution in [-0.2, 0) is 17.9 Å². The van der Waals surface area contributed by atoms with E-state index in [4.69, 9.17) is 0 Å². The Balaban J connectivity index is 2.04. The second-order valence-electron chi connectivity index (χ2n) is 5.95. The first-order valence-electron chi connectivity index (χ1n) is 6.44. The number of carbonyl (C=O) groups excluding carboxylic acids is 1. The van der Waals surface area contributed by atoms with Gasteiger partial charge < -0.3 is 19.9 Å². The van der Waals surface area contributed by atoms with Crippen LogP contribution in [0, 0.1) is 5.41 Å². The number of hydrogen-bond donors (Lipinski definition) is 2. The Kier molecular flexibility index (Phi) is 3.65. The van der Waals surface area contributed by atoms with Crippen LogP contribution in [0.5, 0.6) is 0 Å². The van der Waals surface area contributed by atoms with Gasteiger partial charge in [0, 0.05) is 13.1 Å². The molecule has 0 unspecified atom stereocenters. The maximum Gasteiger partial charge on any atom is 0.326 e. The van der Waals surface area contributed by atoms with Crippen molar-refractivity contribution in [1.29, 1.82) is 0 Å². The zero-order valence-electron chi connectivity index (χ0n) is 11.8. The second-order valence-corrected chi connectivity index (χ2v) is 5.95. The standard InChI is InChI=1S/C12H19N5O3/c1-12(2,3)9(10(18)19)14-11(20)16-4-5-17-7-13-15-8(17)6-16/h7,9H,4-6H2,1-3H3,(H,14,20)(H,18,19)/t9-/m1/s1.